The predicted octanol–water partition coefficient (Wildman–Crippen LogP) is 8.45. The Balaban J connectivity index is 0.574. The van der Waals surface area contributed by atoms with E-state index >= 15 is 8.63 Å². The topological polar surface area (TPSA) is 186 Å². The zero-order valence-corrected chi connectivity index (χ0v) is 46.0. The Kier molecular flexibility index (Phi) is 18.8. The number of benzene rings is 2. The molecule has 4 aromatic heterocycles. The summed E-state index contributed by atoms with van der Waals surface area (Å²) in [5, 5.41) is 15.0. The number of hydrogen-bond acceptors (Lipinski definition) is 12. The van der Waals surface area contributed by atoms with Gasteiger partial charge in [-0.3, -0.25) is 19.4 Å². The lowest BCUT2D eigenvalue weighted by Crippen LogP contribution is -2.56. The molecule has 2 atom stereocenters. The van der Waals surface area contributed by atoms with E-state index in [9.17, 15) is 19.2 Å². The van der Waals surface area contributed by atoms with Crippen molar-refractivity contribution in [3.63, 3.8) is 0 Å². The summed E-state index contributed by atoms with van der Waals surface area (Å²) < 4.78 is 53.4. The molecule has 2 aromatic carbocycles. The maximum absolute atomic E-state index is 16.2. The molecule has 0 fully saturated rings. The second-order valence-electron chi connectivity index (χ2n) is 18.8. The summed E-state index contributed by atoms with van der Waals surface area (Å²) >= 11 is 14.9. The molecule has 9 rings (SSSR count). The van der Waals surface area contributed by atoms with Crippen molar-refractivity contribution in [1.82, 2.24) is 35.0 Å². The molecule has 6 aromatic rings. The zero-order valence-electron chi connectivity index (χ0n) is 42.8. The van der Waals surface area contributed by atoms with E-state index < -0.39 is 13.0 Å². The molecule has 6 heterocycles. The Morgan fingerprint density at radius 2 is 1.65 bits per heavy atom. The first kappa shape index (κ1) is 55.9. The van der Waals surface area contributed by atoms with Crippen LogP contribution in [0.15, 0.2) is 101 Å². The van der Waals surface area contributed by atoms with E-state index in [0.717, 1.165) is 44.1 Å². The van der Waals surface area contributed by atoms with Crippen LogP contribution in [-0.2, 0) is 37.3 Å². The van der Waals surface area contributed by atoms with Crippen LogP contribution in [0, 0.1) is 4.64 Å². The predicted molar refractivity (Wildman–Crippen MR) is 307 cm³/mol. The van der Waals surface area contributed by atoms with Crippen LogP contribution in [0.1, 0.15) is 76.5 Å². The van der Waals surface area contributed by atoms with E-state index in [0.29, 0.717) is 116 Å². The van der Waals surface area contributed by atoms with E-state index in [4.69, 9.17) is 43.0 Å². The lowest BCUT2D eigenvalue weighted by atomic mass is 9.87. The molecule has 23 heteroatoms. The van der Waals surface area contributed by atoms with Crippen molar-refractivity contribution >= 4 is 100 Å². The van der Waals surface area contributed by atoms with Crippen LogP contribution in [0.3, 0.4) is 0 Å². The Bertz CT molecular complexity index is 3370. The summed E-state index contributed by atoms with van der Waals surface area (Å²) in [7, 11) is 1.67. The molecule has 1 aliphatic carbocycles. The van der Waals surface area contributed by atoms with Gasteiger partial charge in [0.15, 0.2) is 17.5 Å². The number of carbonyl (C=O) groups excluding carboxylic acids is 3. The number of carbonyl (C=O) groups is 3. The third-order valence-electron chi connectivity index (χ3n) is 13.4. The molecule has 408 valence electrons. The van der Waals surface area contributed by atoms with Gasteiger partial charge in [-0.15, -0.1) is 11.3 Å². The van der Waals surface area contributed by atoms with E-state index in [1.165, 1.54) is 36.2 Å². The van der Waals surface area contributed by atoms with Crippen LogP contribution in [0.5, 0.6) is 5.75 Å². The van der Waals surface area contributed by atoms with Gasteiger partial charge in [0.05, 0.1) is 42.9 Å². The van der Waals surface area contributed by atoms with Crippen LogP contribution < -0.4 is 31.7 Å². The monoisotopic (exact) mass is 1140 g/mol. The molecular weight excluding hydrogens is 1080 g/mol. The van der Waals surface area contributed by atoms with Crippen LogP contribution in [0.25, 0.3) is 28.8 Å². The Morgan fingerprint density at radius 3 is 2.42 bits per heavy atom. The number of halogens is 3. The highest BCUT2D eigenvalue weighted by molar-refractivity contribution is 7.71. The maximum atomic E-state index is 16.2. The highest BCUT2D eigenvalue weighted by Crippen LogP contribution is 2.43. The molecule has 2 aliphatic heterocycles. The molecular formula is C55H59BClF2N9O7S3. The first-order chi connectivity index (χ1) is 37.8. The van der Waals surface area contributed by atoms with Crippen molar-refractivity contribution in [2.45, 2.75) is 50.5 Å². The van der Waals surface area contributed by atoms with Crippen LogP contribution in [-0.4, -0.2) is 119 Å². The summed E-state index contributed by atoms with van der Waals surface area (Å²) in [5.41, 5.74) is 5.53. The maximum Gasteiger partial charge on any atom is 0.732 e. The quantitative estimate of drug-likeness (QED) is 0.0200. The van der Waals surface area contributed by atoms with Crippen molar-refractivity contribution in [1.29, 1.82) is 0 Å². The number of aromatic nitrogens is 4. The number of aromatic amines is 1. The minimum Gasteiger partial charge on any atom is -0.484 e. The van der Waals surface area contributed by atoms with Gasteiger partial charge in [0.2, 0.25) is 11.8 Å². The number of nitrogens with one attached hydrogen (secondary N) is 5. The van der Waals surface area contributed by atoms with E-state index in [1.807, 2.05) is 72.1 Å². The normalized spacial score (nSPS) is 15.8. The summed E-state index contributed by atoms with van der Waals surface area (Å²) in [4.78, 5) is 59.0. The smallest absolute Gasteiger partial charge is 0.484 e. The fraction of sp³-hybridized carbons (Fsp3) is 0.327. The van der Waals surface area contributed by atoms with Crippen LogP contribution in [0.2, 0.25) is 5.02 Å². The van der Waals surface area contributed by atoms with Gasteiger partial charge < -0.3 is 57.6 Å². The first-order valence-electron chi connectivity index (χ1n) is 25.8. The number of thiophene rings is 1. The van der Waals surface area contributed by atoms with Gasteiger partial charge in [-0.05, 0) is 101 Å². The first-order valence-corrected chi connectivity index (χ1v) is 28.3. The summed E-state index contributed by atoms with van der Waals surface area (Å²) in [5.74, 6) is -0.306. The summed E-state index contributed by atoms with van der Waals surface area (Å²) in [6, 6.07) is 19.7. The average molecular weight is 1140 g/mol. The third-order valence-corrected chi connectivity index (χ3v) is 15.9. The van der Waals surface area contributed by atoms with Crippen LogP contribution in [0.4, 0.5) is 13.8 Å². The summed E-state index contributed by atoms with van der Waals surface area (Å²) in [6.07, 6.45) is 16.1. The SMILES string of the molecule is Cn1cc(C2c3ccc(Cl)cc3C=Cc3sc(NCCC(=O)NCCOCCOCCNC(=O)CCCCCNC(=O)COc4ccc(/C=C/C5=[N+]6C(C=C5)Cc5ccc(-c7cccs7)n5[B-]6(F)F)cc4)nc32)c(=S)[nH]c1=O. The van der Waals surface area contributed by atoms with Crippen molar-refractivity contribution in [2.75, 3.05) is 64.5 Å². The van der Waals surface area contributed by atoms with Gasteiger partial charge in [0.25, 0.3) is 5.91 Å². The largest absolute Gasteiger partial charge is 0.732 e. The standard InChI is InChI=1S/C55H59BClF2N9O7S3/c1-66-34-44(53(76)65-55(66)72)51-43-19-12-38(57)32-37(43)11-21-47-52(51)64-54(78-47)63-24-22-49(70)62-26-28-74-30-29-73-27-25-61-48(69)7-3-2-4-23-60-50(71)35-75-42-17-9-36(10-18-42)8-13-39-14-15-40-33-41-16-20-45(46-6-5-31-77-46)68(41)56(58,59)67(39)40/h5-6,8-21,31-32,34,40,51H,2-4,7,22-30,33,35H2,1H3,(H,60,71)(H,61,69)(H,62,70)(H,63,64)(H,65,72,76)/b13-8+. The second kappa shape index (κ2) is 26.2. The molecule has 0 spiro atoms. The average Bonchev–Trinajstić information content (AvgIpc) is 4.38. The Hall–Kier alpha value is -6.82. The van der Waals surface area contributed by atoms with Crippen molar-refractivity contribution < 1.29 is 41.7 Å². The number of ether oxygens (including phenoxy) is 3. The number of nitrogens with zero attached hydrogens (tertiary/aromatic N) is 4. The molecule has 3 amide bonds. The molecule has 78 heavy (non-hydrogen) atoms. The van der Waals surface area contributed by atoms with Crippen molar-refractivity contribution in [3.8, 4) is 16.3 Å². The minimum atomic E-state index is -4.07. The van der Waals surface area contributed by atoms with Crippen LogP contribution >= 0.6 is 46.5 Å². The zero-order chi connectivity index (χ0) is 54.6. The van der Waals surface area contributed by atoms with Gasteiger partial charge in [0.1, 0.15) is 16.4 Å². The molecule has 0 bridgehead atoms. The van der Waals surface area contributed by atoms with Gasteiger partial charge >= 0.3 is 12.7 Å². The number of unbranched alkanes of at least 4 members (excludes halogenated alkanes) is 2. The van der Waals surface area contributed by atoms with Crippen molar-refractivity contribution in [3.05, 3.63) is 155 Å². The number of thiazole rings is 1. The molecule has 0 radical (unpaired) electrons. The lowest BCUT2D eigenvalue weighted by Gasteiger charge is -2.35. The van der Waals surface area contributed by atoms with Gasteiger partial charge in [-0.2, -0.15) is 0 Å². The number of amides is 3. The number of fused-ring (bicyclic) bond motifs is 4. The number of allylic oxidation sites excluding steroid dienone is 2. The fourth-order valence-electron chi connectivity index (χ4n) is 9.58. The Morgan fingerprint density at radius 1 is 0.885 bits per heavy atom. The number of aryl methyl sites for hydroxylation is 1. The lowest BCUT2D eigenvalue weighted by molar-refractivity contribution is -0.455. The second-order valence-corrected chi connectivity index (χ2v) is 21.6. The van der Waals surface area contributed by atoms with E-state index in [-0.39, 0.29) is 42.4 Å². The molecule has 5 N–H and O–H groups in total. The molecule has 0 saturated heterocycles. The highest BCUT2D eigenvalue weighted by Gasteiger charge is 2.54. The fourth-order valence-corrected chi connectivity index (χ4v) is 11.7. The summed E-state index contributed by atoms with van der Waals surface area (Å²) in [6.45, 7) is -1.33. The van der Waals surface area contributed by atoms with E-state index in [1.54, 1.807) is 49.7 Å². The molecule has 3 aliphatic rings. The molecule has 0 saturated carbocycles. The van der Waals surface area contributed by atoms with Gasteiger partial charge in [-0.25, -0.2) is 9.78 Å². The molecule has 16 nitrogen and oxygen atoms in total. The Labute approximate surface area is 468 Å². The molecule has 2 unspecified atom stereocenters. The highest BCUT2D eigenvalue weighted by atomic mass is 35.5. The number of anilines is 1. The van der Waals surface area contributed by atoms with Gasteiger partial charge in [0, 0.05) is 92.0 Å². The number of rotatable bonds is 26. The third kappa shape index (κ3) is 13.9. The number of H-pyrrole nitrogens is 1. The minimum absolute atomic E-state index is 0.0705. The van der Waals surface area contributed by atoms with E-state index in [2.05, 4.69) is 26.3 Å². The van der Waals surface area contributed by atoms with Gasteiger partial charge in [-0.1, -0.05) is 71.9 Å². The number of hydrogen-bond donors (Lipinski definition) is 5. The van der Waals surface area contributed by atoms with Crippen molar-refractivity contribution in [2.24, 2.45) is 7.05 Å².